The quantitative estimate of drug-likeness (QED) is 0.144. The number of para-hydroxylation sites is 4. The first-order valence-electron chi connectivity index (χ1n) is 27.7. The van der Waals surface area contributed by atoms with Crippen molar-refractivity contribution in [2.75, 3.05) is 4.90 Å². The summed E-state index contributed by atoms with van der Waals surface area (Å²) >= 11 is 0. The molecular weight excluding hydrogens is 971 g/mol. The molecule has 3 heteroatoms. The molecule has 0 N–H and O–H groups in total. The minimum Gasteiger partial charge on any atom is -0.455 e. The lowest BCUT2D eigenvalue weighted by atomic mass is 9.67. The van der Waals surface area contributed by atoms with Crippen molar-refractivity contribution in [1.82, 2.24) is 0 Å². The zero-order valence-electron chi connectivity index (χ0n) is 44.8. The van der Waals surface area contributed by atoms with Crippen LogP contribution in [-0.4, -0.2) is 0 Å². The van der Waals surface area contributed by atoms with Gasteiger partial charge in [0.2, 0.25) is 0 Å². The van der Waals surface area contributed by atoms with Gasteiger partial charge in [-0.15, -0.1) is 0 Å². The molecule has 2 aromatic heterocycles. The number of anilines is 3. The highest BCUT2D eigenvalue weighted by Crippen LogP contribution is 2.58. The molecule has 1 atom stereocenters. The summed E-state index contributed by atoms with van der Waals surface area (Å²) < 4.78 is 13.1. The van der Waals surface area contributed by atoms with E-state index in [2.05, 4.69) is 287 Å². The van der Waals surface area contributed by atoms with E-state index >= 15 is 0 Å². The summed E-state index contributed by atoms with van der Waals surface area (Å²) in [7, 11) is 0. The first-order chi connectivity index (χ1) is 39.3. The third-order valence-electron chi connectivity index (χ3n) is 16.8. The van der Waals surface area contributed by atoms with Crippen LogP contribution in [0.15, 0.2) is 288 Å². The van der Waals surface area contributed by atoms with Gasteiger partial charge in [0, 0.05) is 49.7 Å². The van der Waals surface area contributed by atoms with Crippen molar-refractivity contribution < 1.29 is 8.83 Å². The maximum absolute atomic E-state index is 6.61. The highest BCUT2D eigenvalue weighted by molar-refractivity contribution is 6.10. The zero-order chi connectivity index (χ0) is 53.5. The normalized spacial score (nSPS) is 14.0. The standard InChI is InChI=1S/C77H55NO2/c1-76(2,3)56-41-45-60(46-42-56)78(59-43-35-53(36-44-59)50-15-5-4-6-16-50)61-47-48-65-64-17-7-10-24-70(64)77(71(65)49-61,58-39-33-55(34-40-58)63-21-14-23-69-67-19-9-12-26-73(67)80-75(63)69)57-37-31-52(32-38-57)51-27-29-54(30-28-51)62-20-13-22-68-66-18-8-11-25-72(66)79-74(62)68/h4-49H,1-3H3. The van der Waals surface area contributed by atoms with Gasteiger partial charge in [0.25, 0.3) is 0 Å². The summed E-state index contributed by atoms with van der Waals surface area (Å²) in [5.74, 6) is 0. The molecule has 15 rings (SSSR count). The summed E-state index contributed by atoms with van der Waals surface area (Å²) in [6.07, 6.45) is 0. The van der Waals surface area contributed by atoms with Gasteiger partial charge >= 0.3 is 0 Å². The van der Waals surface area contributed by atoms with E-state index in [0.29, 0.717) is 0 Å². The number of furan rings is 2. The predicted molar refractivity (Wildman–Crippen MR) is 333 cm³/mol. The van der Waals surface area contributed by atoms with Crippen molar-refractivity contribution in [2.45, 2.75) is 31.6 Å². The van der Waals surface area contributed by atoms with Crippen molar-refractivity contribution in [1.29, 1.82) is 0 Å². The fraction of sp³-hybridized carbons (Fsp3) is 0.0649. The molecule has 0 bridgehead atoms. The van der Waals surface area contributed by atoms with Gasteiger partial charge in [-0.05, 0) is 126 Å². The smallest absolute Gasteiger partial charge is 0.143 e. The average Bonchev–Trinajstić information content (AvgIpc) is 3.78. The van der Waals surface area contributed by atoms with Crippen LogP contribution in [0, 0.1) is 0 Å². The van der Waals surface area contributed by atoms with Gasteiger partial charge in [0.15, 0.2) is 0 Å². The van der Waals surface area contributed by atoms with Crippen LogP contribution >= 0.6 is 0 Å². The molecule has 1 aliphatic rings. The van der Waals surface area contributed by atoms with E-state index in [4.69, 9.17) is 8.83 Å². The molecule has 1 aliphatic carbocycles. The minimum atomic E-state index is -0.696. The van der Waals surface area contributed by atoms with Crippen LogP contribution < -0.4 is 4.90 Å². The molecule has 12 aromatic carbocycles. The highest BCUT2D eigenvalue weighted by atomic mass is 16.3. The monoisotopic (exact) mass is 1030 g/mol. The molecule has 0 saturated carbocycles. The Morgan fingerprint density at radius 2 is 0.700 bits per heavy atom. The molecule has 14 aromatic rings. The number of fused-ring (bicyclic) bond motifs is 9. The number of nitrogens with zero attached hydrogens (tertiary/aromatic N) is 1. The molecular formula is C77H55NO2. The number of benzene rings is 12. The van der Waals surface area contributed by atoms with E-state index in [0.717, 1.165) is 94.3 Å². The Balaban J connectivity index is 0.892. The van der Waals surface area contributed by atoms with Crippen LogP contribution in [0.1, 0.15) is 48.6 Å². The first kappa shape index (κ1) is 47.3. The Kier molecular flexibility index (Phi) is 11.0. The Morgan fingerprint density at radius 3 is 1.26 bits per heavy atom. The lowest BCUT2D eigenvalue weighted by Gasteiger charge is -2.35. The van der Waals surface area contributed by atoms with Gasteiger partial charge in [-0.3, -0.25) is 0 Å². The highest BCUT2D eigenvalue weighted by Gasteiger charge is 2.46. The van der Waals surface area contributed by atoms with E-state index < -0.39 is 5.41 Å². The van der Waals surface area contributed by atoms with E-state index in [-0.39, 0.29) is 5.41 Å². The third-order valence-corrected chi connectivity index (χ3v) is 16.8. The summed E-state index contributed by atoms with van der Waals surface area (Å²) in [5.41, 5.74) is 23.9. The molecule has 0 fully saturated rings. The lowest BCUT2D eigenvalue weighted by molar-refractivity contribution is 0.590. The first-order valence-corrected chi connectivity index (χ1v) is 27.7. The molecule has 80 heavy (non-hydrogen) atoms. The maximum atomic E-state index is 6.61. The topological polar surface area (TPSA) is 29.5 Å². The van der Waals surface area contributed by atoms with E-state index in [9.17, 15) is 0 Å². The second-order valence-corrected chi connectivity index (χ2v) is 22.4. The molecule has 0 amide bonds. The summed E-state index contributed by atoms with van der Waals surface area (Å²) in [4.78, 5) is 2.42. The SMILES string of the molecule is CC(C)(C)c1ccc(N(c2ccc(-c3ccccc3)cc2)c2ccc3c(c2)C(c2ccc(-c4ccc(-c5cccc6c5oc5ccccc56)cc4)cc2)(c2ccc(-c4cccc5c4oc4ccccc45)cc2)c2ccccc2-3)cc1. The fourth-order valence-electron chi connectivity index (χ4n) is 12.8. The largest absolute Gasteiger partial charge is 0.455 e. The van der Waals surface area contributed by atoms with Gasteiger partial charge in [-0.2, -0.15) is 0 Å². The van der Waals surface area contributed by atoms with Crippen LogP contribution in [-0.2, 0) is 10.8 Å². The lowest BCUT2D eigenvalue weighted by Crippen LogP contribution is -2.28. The van der Waals surface area contributed by atoms with E-state index in [1.807, 2.05) is 18.2 Å². The van der Waals surface area contributed by atoms with Crippen molar-refractivity contribution in [2.24, 2.45) is 0 Å². The molecule has 0 aliphatic heterocycles. The summed E-state index contributed by atoms with van der Waals surface area (Å²) in [6.45, 7) is 6.83. The fourth-order valence-corrected chi connectivity index (χ4v) is 12.8. The van der Waals surface area contributed by atoms with Crippen molar-refractivity contribution in [3.8, 4) is 55.6 Å². The van der Waals surface area contributed by atoms with E-state index in [1.54, 1.807) is 0 Å². The van der Waals surface area contributed by atoms with Crippen molar-refractivity contribution in [3.05, 3.63) is 307 Å². The van der Waals surface area contributed by atoms with Crippen molar-refractivity contribution >= 4 is 60.9 Å². The molecule has 0 spiro atoms. The Bertz CT molecular complexity index is 4640. The summed E-state index contributed by atoms with van der Waals surface area (Å²) in [5, 5.41) is 4.51. The molecule has 1 unspecified atom stereocenters. The molecule has 380 valence electrons. The number of rotatable bonds is 9. The zero-order valence-corrected chi connectivity index (χ0v) is 44.8. The Morgan fingerprint density at radius 1 is 0.300 bits per heavy atom. The van der Waals surface area contributed by atoms with Gasteiger partial charge in [-0.25, -0.2) is 0 Å². The van der Waals surface area contributed by atoms with Crippen LogP contribution in [0.25, 0.3) is 99.5 Å². The number of hydrogen-bond acceptors (Lipinski definition) is 3. The Hall–Kier alpha value is -9.96. The predicted octanol–water partition coefficient (Wildman–Crippen LogP) is 21.3. The van der Waals surface area contributed by atoms with Crippen LogP contribution in [0.2, 0.25) is 0 Å². The van der Waals surface area contributed by atoms with E-state index in [1.165, 1.54) is 50.1 Å². The molecule has 3 nitrogen and oxygen atoms in total. The van der Waals surface area contributed by atoms with Crippen LogP contribution in [0.3, 0.4) is 0 Å². The van der Waals surface area contributed by atoms with Crippen molar-refractivity contribution in [3.63, 3.8) is 0 Å². The van der Waals surface area contributed by atoms with Crippen LogP contribution in [0.4, 0.5) is 17.1 Å². The Labute approximate surface area is 466 Å². The third kappa shape index (κ3) is 7.64. The maximum Gasteiger partial charge on any atom is 0.143 e. The second-order valence-electron chi connectivity index (χ2n) is 22.4. The minimum absolute atomic E-state index is 0.0121. The average molecular weight is 1030 g/mol. The molecule has 0 radical (unpaired) electrons. The van der Waals surface area contributed by atoms with Crippen LogP contribution in [0.5, 0.6) is 0 Å². The second kappa shape index (κ2) is 18.6. The van der Waals surface area contributed by atoms with Gasteiger partial charge in [0.1, 0.15) is 22.3 Å². The van der Waals surface area contributed by atoms with Gasteiger partial charge in [-0.1, -0.05) is 251 Å². The van der Waals surface area contributed by atoms with Gasteiger partial charge < -0.3 is 13.7 Å². The summed E-state index contributed by atoms with van der Waals surface area (Å²) in [6, 6.07) is 102. The molecule has 0 saturated heterocycles. The number of hydrogen-bond donors (Lipinski definition) is 0. The van der Waals surface area contributed by atoms with Gasteiger partial charge in [0.05, 0.1) is 5.41 Å². The molecule has 2 heterocycles.